The van der Waals surface area contributed by atoms with Crippen molar-refractivity contribution in [2.24, 2.45) is 0 Å². The molecule has 164 valence electrons. The van der Waals surface area contributed by atoms with Crippen LogP contribution in [0.1, 0.15) is 16.1 Å². The average Bonchev–Trinajstić information content (AvgIpc) is 3.26. The van der Waals surface area contributed by atoms with E-state index in [1.807, 2.05) is 55.5 Å². The van der Waals surface area contributed by atoms with Gasteiger partial charge in [-0.15, -0.1) is 0 Å². The molecule has 5 rings (SSSR count). The van der Waals surface area contributed by atoms with Crippen LogP contribution >= 0.6 is 0 Å². The highest BCUT2D eigenvalue weighted by Gasteiger charge is 2.16. The molecule has 0 atom stereocenters. The number of anilines is 2. The van der Waals surface area contributed by atoms with Gasteiger partial charge >= 0.3 is 0 Å². The van der Waals surface area contributed by atoms with E-state index in [1.165, 1.54) is 12.1 Å². The SMILES string of the molecule is Cc1ccc(NS(=O)(=O)c2ccc(NC(=O)c3cc4c(ccc5ccccc54)o3)cc2)cc1. The van der Waals surface area contributed by atoms with Gasteiger partial charge in [-0.25, -0.2) is 8.42 Å². The van der Waals surface area contributed by atoms with Crippen LogP contribution in [0.4, 0.5) is 11.4 Å². The lowest BCUT2D eigenvalue weighted by Gasteiger charge is -2.09. The predicted molar refractivity (Wildman–Crippen MR) is 130 cm³/mol. The number of carbonyl (C=O) groups is 1. The Kier molecular flexibility index (Phi) is 5.11. The number of amides is 1. The molecule has 0 spiro atoms. The maximum absolute atomic E-state index is 12.7. The number of sulfonamides is 1. The molecule has 5 aromatic rings. The Morgan fingerprint density at radius 1 is 0.788 bits per heavy atom. The molecule has 0 saturated carbocycles. The molecule has 0 unspecified atom stereocenters. The molecule has 4 aromatic carbocycles. The van der Waals surface area contributed by atoms with E-state index in [4.69, 9.17) is 4.42 Å². The first-order chi connectivity index (χ1) is 15.9. The van der Waals surface area contributed by atoms with Crippen molar-refractivity contribution in [1.82, 2.24) is 0 Å². The molecule has 0 aliphatic carbocycles. The van der Waals surface area contributed by atoms with Gasteiger partial charge in [0.05, 0.1) is 4.90 Å². The molecular weight excluding hydrogens is 436 g/mol. The lowest BCUT2D eigenvalue weighted by Crippen LogP contribution is -2.14. The zero-order chi connectivity index (χ0) is 23.0. The normalized spacial score (nSPS) is 11.5. The first-order valence-corrected chi connectivity index (χ1v) is 11.8. The van der Waals surface area contributed by atoms with Crippen molar-refractivity contribution in [2.75, 3.05) is 10.0 Å². The van der Waals surface area contributed by atoms with Crippen molar-refractivity contribution < 1.29 is 17.6 Å². The molecule has 0 radical (unpaired) electrons. The molecule has 0 bridgehead atoms. The van der Waals surface area contributed by atoms with E-state index in [1.54, 1.807) is 30.3 Å². The zero-order valence-corrected chi connectivity index (χ0v) is 18.5. The standard InChI is InChI=1S/C26H20N2O4S/c1-17-6-9-20(10-7-17)28-33(30,31)21-13-11-19(12-14-21)27-26(29)25-16-23-22-5-3-2-4-18(22)8-15-24(23)32-25/h2-16,28H,1H3,(H,27,29). The summed E-state index contributed by atoms with van der Waals surface area (Å²) < 4.78 is 33.6. The van der Waals surface area contributed by atoms with Crippen molar-refractivity contribution in [3.8, 4) is 0 Å². The maximum Gasteiger partial charge on any atom is 0.291 e. The van der Waals surface area contributed by atoms with Crippen LogP contribution in [0.15, 0.2) is 100 Å². The van der Waals surface area contributed by atoms with E-state index in [9.17, 15) is 13.2 Å². The van der Waals surface area contributed by atoms with Crippen molar-refractivity contribution in [3.05, 3.63) is 102 Å². The third kappa shape index (κ3) is 4.18. The maximum atomic E-state index is 12.7. The van der Waals surface area contributed by atoms with Crippen LogP contribution in [0.25, 0.3) is 21.7 Å². The number of nitrogens with one attached hydrogen (secondary N) is 2. The molecule has 6 nitrogen and oxygen atoms in total. The number of hydrogen-bond acceptors (Lipinski definition) is 4. The highest BCUT2D eigenvalue weighted by Crippen LogP contribution is 2.28. The monoisotopic (exact) mass is 456 g/mol. The number of rotatable bonds is 5. The summed E-state index contributed by atoms with van der Waals surface area (Å²) in [7, 11) is -3.74. The summed E-state index contributed by atoms with van der Waals surface area (Å²) >= 11 is 0. The van der Waals surface area contributed by atoms with Crippen LogP contribution in [0.2, 0.25) is 0 Å². The number of aryl methyl sites for hydroxylation is 1. The third-order valence-electron chi connectivity index (χ3n) is 5.38. The number of fused-ring (bicyclic) bond motifs is 3. The Morgan fingerprint density at radius 2 is 1.48 bits per heavy atom. The Labute approximate surface area is 190 Å². The largest absolute Gasteiger partial charge is 0.451 e. The Balaban J connectivity index is 1.34. The molecular formula is C26H20N2O4S. The van der Waals surface area contributed by atoms with Gasteiger partial charge in [-0.2, -0.15) is 0 Å². The number of benzene rings is 4. The summed E-state index contributed by atoms with van der Waals surface area (Å²) in [5, 5.41) is 5.69. The zero-order valence-electron chi connectivity index (χ0n) is 17.7. The molecule has 33 heavy (non-hydrogen) atoms. The lowest BCUT2D eigenvalue weighted by molar-refractivity contribution is 0.0998. The molecule has 7 heteroatoms. The smallest absolute Gasteiger partial charge is 0.291 e. The minimum absolute atomic E-state index is 0.0938. The van der Waals surface area contributed by atoms with E-state index in [0.717, 1.165) is 21.7 Å². The summed E-state index contributed by atoms with van der Waals surface area (Å²) in [6, 6.07) is 26.4. The van der Waals surface area contributed by atoms with Gasteiger partial charge in [-0.1, -0.05) is 48.0 Å². The van der Waals surface area contributed by atoms with Crippen molar-refractivity contribution in [2.45, 2.75) is 11.8 Å². The molecule has 1 amide bonds. The van der Waals surface area contributed by atoms with E-state index < -0.39 is 15.9 Å². The number of carbonyl (C=O) groups excluding carboxylic acids is 1. The van der Waals surface area contributed by atoms with E-state index in [2.05, 4.69) is 10.0 Å². The van der Waals surface area contributed by atoms with Crippen molar-refractivity contribution in [1.29, 1.82) is 0 Å². The fourth-order valence-electron chi connectivity index (χ4n) is 3.65. The van der Waals surface area contributed by atoms with E-state index in [-0.39, 0.29) is 10.7 Å². The summed E-state index contributed by atoms with van der Waals surface area (Å²) in [6.07, 6.45) is 0. The molecule has 1 heterocycles. The van der Waals surface area contributed by atoms with Crippen LogP contribution in [-0.2, 0) is 10.0 Å². The Morgan fingerprint density at radius 3 is 2.24 bits per heavy atom. The Hall–Kier alpha value is -4.10. The van der Waals surface area contributed by atoms with E-state index in [0.29, 0.717) is 17.0 Å². The fourth-order valence-corrected chi connectivity index (χ4v) is 4.71. The summed E-state index contributed by atoms with van der Waals surface area (Å²) in [5.41, 5.74) is 2.60. The van der Waals surface area contributed by atoms with Gasteiger partial charge in [0.1, 0.15) is 5.58 Å². The second-order valence-corrected chi connectivity index (χ2v) is 9.44. The summed E-state index contributed by atoms with van der Waals surface area (Å²) in [4.78, 5) is 12.8. The molecule has 0 saturated heterocycles. The Bertz CT molecular complexity index is 1590. The van der Waals surface area contributed by atoms with Crippen molar-refractivity contribution >= 4 is 49.0 Å². The molecule has 2 N–H and O–H groups in total. The molecule has 0 aliphatic heterocycles. The topological polar surface area (TPSA) is 88.4 Å². The van der Waals surface area contributed by atoms with Crippen LogP contribution in [-0.4, -0.2) is 14.3 Å². The predicted octanol–water partition coefficient (Wildman–Crippen LogP) is 5.95. The number of furan rings is 1. The van der Waals surface area contributed by atoms with Gasteiger partial charge in [0, 0.05) is 16.8 Å². The molecule has 1 aromatic heterocycles. The van der Waals surface area contributed by atoms with Crippen LogP contribution in [0.3, 0.4) is 0 Å². The highest BCUT2D eigenvalue weighted by molar-refractivity contribution is 7.92. The third-order valence-corrected chi connectivity index (χ3v) is 6.77. The van der Waals surface area contributed by atoms with Crippen LogP contribution in [0, 0.1) is 6.92 Å². The molecule has 0 aliphatic rings. The van der Waals surface area contributed by atoms with Gasteiger partial charge in [-0.3, -0.25) is 9.52 Å². The van der Waals surface area contributed by atoms with Crippen molar-refractivity contribution in [3.63, 3.8) is 0 Å². The van der Waals surface area contributed by atoms with Gasteiger partial charge in [-0.05, 0) is 66.2 Å². The first kappa shape index (κ1) is 20.8. The second kappa shape index (κ2) is 8.11. The summed E-state index contributed by atoms with van der Waals surface area (Å²) in [5.74, 6) is -0.234. The lowest BCUT2D eigenvalue weighted by atomic mass is 10.1. The van der Waals surface area contributed by atoms with Crippen LogP contribution < -0.4 is 10.0 Å². The molecule has 0 fully saturated rings. The minimum atomic E-state index is -3.74. The fraction of sp³-hybridized carbons (Fsp3) is 0.0385. The minimum Gasteiger partial charge on any atom is -0.451 e. The van der Waals surface area contributed by atoms with Gasteiger partial charge in [0.25, 0.3) is 15.9 Å². The average molecular weight is 457 g/mol. The van der Waals surface area contributed by atoms with E-state index >= 15 is 0 Å². The van der Waals surface area contributed by atoms with Gasteiger partial charge in [0.15, 0.2) is 5.76 Å². The van der Waals surface area contributed by atoms with Gasteiger partial charge < -0.3 is 9.73 Å². The van der Waals surface area contributed by atoms with Crippen LogP contribution in [0.5, 0.6) is 0 Å². The first-order valence-electron chi connectivity index (χ1n) is 10.3. The second-order valence-electron chi connectivity index (χ2n) is 7.76. The summed E-state index contributed by atoms with van der Waals surface area (Å²) in [6.45, 7) is 1.93. The quantitative estimate of drug-likeness (QED) is 0.342. The highest BCUT2D eigenvalue weighted by atomic mass is 32.2. The van der Waals surface area contributed by atoms with Gasteiger partial charge in [0.2, 0.25) is 0 Å². The number of hydrogen-bond donors (Lipinski definition) is 2.